The average molecular weight is 506 g/mol. The van der Waals surface area contributed by atoms with Crippen LogP contribution in [0, 0.1) is 5.92 Å². The minimum atomic E-state index is -0.769. The summed E-state index contributed by atoms with van der Waals surface area (Å²) in [7, 11) is 3.84. The Balaban J connectivity index is 1.49. The molecule has 2 aliphatic rings. The average Bonchev–Trinajstić information content (AvgIpc) is 3.44. The number of carbonyl (C=O) groups excluding carboxylic acids is 4. The molecule has 2 aromatic carbocycles. The largest absolute Gasteiger partial charge is 0.399 e. The van der Waals surface area contributed by atoms with E-state index in [1.807, 2.05) is 45.0 Å². The first-order chi connectivity index (χ1) is 17.6. The van der Waals surface area contributed by atoms with Crippen LogP contribution in [-0.2, 0) is 9.59 Å². The molecule has 2 saturated heterocycles. The van der Waals surface area contributed by atoms with Gasteiger partial charge in [0.1, 0.15) is 12.1 Å². The van der Waals surface area contributed by atoms with E-state index < -0.39 is 12.1 Å². The van der Waals surface area contributed by atoms with Crippen LogP contribution in [0.25, 0.3) is 0 Å². The van der Waals surface area contributed by atoms with Gasteiger partial charge >= 0.3 is 0 Å². The number of hydrogen-bond acceptors (Lipinski definition) is 6. The van der Waals surface area contributed by atoms with E-state index in [1.165, 1.54) is 0 Å². The molecule has 9 nitrogen and oxygen atoms in total. The predicted molar refractivity (Wildman–Crippen MR) is 142 cm³/mol. The predicted octanol–water partition coefficient (Wildman–Crippen LogP) is 2.17. The van der Waals surface area contributed by atoms with Gasteiger partial charge in [0.15, 0.2) is 5.78 Å². The maximum absolute atomic E-state index is 13.7. The molecular formula is C28H35N5O4. The highest BCUT2D eigenvalue weighted by molar-refractivity contribution is 6.03. The van der Waals surface area contributed by atoms with Crippen LogP contribution < -0.4 is 16.0 Å². The second kappa shape index (κ2) is 10.6. The Morgan fingerprint density at radius 1 is 1.00 bits per heavy atom. The number of likely N-dealkylation sites (tertiary alicyclic amines) is 2. The highest BCUT2D eigenvalue weighted by Crippen LogP contribution is 2.32. The highest BCUT2D eigenvalue weighted by atomic mass is 16.2. The Labute approximate surface area is 217 Å². The van der Waals surface area contributed by atoms with E-state index >= 15 is 0 Å². The van der Waals surface area contributed by atoms with Gasteiger partial charge in [-0.3, -0.25) is 19.2 Å². The normalized spacial score (nSPS) is 19.6. The Bertz CT molecular complexity index is 1180. The lowest BCUT2D eigenvalue weighted by Gasteiger charge is -2.29. The standard InChI is InChI=1S/C28H35N5O4/c1-17(2)15-22(30-26(35)18-7-11-21(12-8-18)31(3)4)28(37)32-14-13-23-25(32)24(34)16-33(23)27(36)19-5-9-20(29)10-6-19/h5-12,17,22-23,25H,13-16,29H2,1-4H3,(H,30,35)/t22?,23-,25+/m1/s1. The number of benzene rings is 2. The number of nitrogens with one attached hydrogen (secondary N) is 1. The van der Waals surface area contributed by atoms with Crippen LogP contribution in [0.15, 0.2) is 48.5 Å². The first-order valence-electron chi connectivity index (χ1n) is 12.6. The lowest BCUT2D eigenvalue weighted by Crippen LogP contribution is -2.53. The van der Waals surface area contributed by atoms with Crippen molar-refractivity contribution in [3.05, 3.63) is 59.7 Å². The Morgan fingerprint density at radius 2 is 1.62 bits per heavy atom. The van der Waals surface area contributed by atoms with Crippen LogP contribution in [0.5, 0.6) is 0 Å². The Morgan fingerprint density at radius 3 is 2.22 bits per heavy atom. The number of nitrogens with two attached hydrogens (primary N) is 1. The van der Waals surface area contributed by atoms with Gasteiger partial charge in [0, 0.05) is 43.1 Å². The van der Waals surface area contributed by atoms with E-state index in [0.29, 0.717) is 36.2 Å². The topological polar surface area (TPSA) is 116 Å². The number of fused-ring (bicyclic) bond motifs is 1. The number of anilines is 2. The number of rotatable bonds is 7. The van der Waals surface area contributed by atoms with E-state index in [9.17, 15) is 19.2 Å². The van der Waals surface area contributed by atoms with E-state index in [4.69, 9.17) is 5.73 Å². The summed E-state index contributed by atoms with van der Waals surface area (Å²) in [5.41, 5.74) is 8.17. The van der Waals surface area contributed by atoms with Crippen LogP contribution in [-0.4, -0.2) is 78.6 Å². The fraction of sp³-hybridized carbons (Fsp3) is 0.429. The zero-order valence-corrected chi connectivity index (χ0v) is 21.8. The first kappa shape index (κ1) is 26.2. The molecule has 2 aromatic rings. The van der Waals surface area contributed by atoms with Crippen molar-refractivity contribution in [2.75, 3.05) is 37.8 Å². The lowest BCUT2D eigenvalue weighted by atomic mass is 10.0. The van der Waals surface area contributed by atoms with Crippen molar-refractivity contribution >= 4 is 34.9 Å². The van der Waals surface area contributed by atoms with Gasteiger partial charge in [-0.2, -0.15) is 0 Å². The van der Waals surface area contributed by atoms with Gasteiger partial charge in [-0.05, 0) is 67.3 Å². The molecular weight excluding hydrogens is 470 g/mol. The van der Waals surface area contributed by atoms with Crippen molar-refractivity contribution in [1.82, 2.24) is 15.1 Å². The molecule has 0 spiro atoms. The summed E-state index contributed by atoms with van der Waals surface area (Å²) in [6.45, 7) is 4.28. The monoisotopic (exact) mass is 505 g/mol. The maximum Gasteiger partial charge on any atom is 0.254 e. The molecule has 196 valence electrons. The van der Waals surface area contributed by atoms with Gasteiger partial charge in [-0.1, -0.05) is 13.8 Å². The molecule has 2 heterocycles. The third-order valence-electron chi connectivity index (χ3n) is 7.08. The highest BCUT2D eigenvalue weighted by Gasteiger charge is 2.52. The molecule has 0 bridgehead atoms. The molecule has 3 N–H and O–H groups in total. The summed E-state index contributed by atoms with van der Waals surface area (Å²) in [6.07, 6.45) is 0.952. The molecule has 3 atom stereocenters. The van der Waals surface area contributed by atoms with E-state index in [2.05, 4.69) is 5.32 Å². The van der Waals surface area contributed by atoms with Gasteiger partial charge in [0.25, 0.3) is 11.8 Å². The zero-order valence-electron chi connectivity index (χ0n) is 21.8. The minimum absolute atomic E-state index is 0.0399. The van der Waals surface area contributed by atoms with E-state index in [-0.39, 0.29) is 42.0 Å². The number of Topliss-reactive ketones (excluding diaryl/α,β-unsaturated/α-hetero) is 1. The van der Waals surface area contributed by atoms with Crippen LogP contribution in [0.1, 0.15) is 47.4 Å². The molecule has 0 aromatic heterocycles. The molecule has 37 heavy (non-hydrogen) atoms. The van der Waals surface area contributed by atoms with Gasteiger partial charge in [0.05, 0.1) is 12.6 Å². The third-order valence-corrected chi connectivity index (χ3v) is 7.08. The second-order valence-electron chi connectivity index (χ2n) is 10.5. The molecule has 0 aliphatic carbocycles. The van der Waals surface area contributed by atoms with Crippen molar-refractivity contribution in [2.24, 2.45) is 5.92 Å². The maximum atomic E-state index is 13.7. The molecule has 9 heteroatoms. The first-order valence-corrected chi connectivity index (χ1v) is 12.6. The number of amides is 3. The van der Waals surface area contributed by atoms with Crippen molar-refractivity contribution in [2.45, 2.75) is 44.8 Å². The van der Waals surface area contributed by atoms with Crippen molar-refractivity contribution in [1.29, 1.82) is 0 Å². The van der Waals surface area contributed by atoms with Crippen LogP contribution in [0.4, 0.5) is 11.4 Å². The van der Waals surface area contributed by atoms with Gasteiger partial charge in [-0.15, -0.1) is 0 Å². The Hall–Kier alpha value is -3.88. The van der Waals surface area contributed by atoms with Gasteiger partial charge < -0.3 is 25.8 Å². The summed E-state index contributed by atoms with van der Waals surface area (Å²) < 4.78 is 0. The summed E-state index contributed by atoms with van der Waals surface area (Å²) in [4.78, 5) is 58.0. The lowest BCUT2D eigenvalue weighted by molar-refractivity contribution is -0.138. The zero-order chi connectivity index (χ0) is 26.9. The van der Waals surface area contributed by atoms with Crippen LogP contribution in [0.2, 0.25) is 0 Å². The summed E-state index contributed by atoms with van der Waals surface area (Å²) in [5.74, 6) is -0.879. The molecule has 0 radical (unpaired) electrons. The minimum Gasteiger partial charge on any atom is -0.399 e. The van der Waals surface area contributed by atoms with E-state index in [1.54, 1.807) is 46.2 Å². The Kier molecular flexibility index (Phi) is 7.52. The second-order valence-corrected chi connectivity index (χ2v) is 10.5. The summed E-state index contributed by atoms with van der Waals surface area (Å²) in [6, 6.07) is 11.9. The number of nitrogens with zero attached hydrogens (tertiary/aromatic N) is 3. The molecule has 2 aliphatic heterocycles. The number of ketones is 1. The SMILES string of the molecule is CC(C)CC(NC(=O)c1ccc(N(C)C)cc1)C(=O)N1CC[C@@H]2[C@H]1C(=O)CN2C(=O)c1ccc(N)cc1. The quantitative estimate of drug-likeness (QED) is 0.557. The van der Waals surface area contributed by atoms with E-state index in [0.717, 1.165) is 5.69 Å². The smallest absolute Gasteiger partial charge is 0.254 e. The van der Waals surface area contributed by atoms with Crippen LogP contribution in [0.3, 0.4) is 0 Å². The van der Waals surface area contributed by atoms with Crippen molar-refractivity contribution in [3.63, 3.8) is 0 Å². The molecule has 2 fully saturated rings. The number of hydrogen-bond donors (Lipinski definition) is 2. The summed E-state index contributed by atoms with van der Waals surface area (Å²) in [5, 5.41) is 2.90. The van der Waals surface area contributed by atoms with Crippen molar-refractivity contribution in [3.8, 4) is 0 Å². The number of carbonyl (C=O) groups is 4. The fourth-order valence-corrected chi connectivity index (χ4v) is 5.18. The molecule has 1 unspecified atom stereocenters. The van der Waals surface area contributed by atoms with Gasteiger partial charge in [0.2, 0.25) is 5.91 Å². The number of nitrogen functional groups attached to an aromatic ring is 1. The molecule has 0 saturated carbocycles. The molecule has 4 rings (SSSR count). The third kappa shape index (κ3) is 5.45. The van der Waals surface area contributed by atoms with Crippen LogP contribution >= 0.6 is 0 Å². The summed E-state index contributed by atoms with van der Waals surface area (Å²) >= 11 is 0. The molecule has 3 amide bonds. The van der Waals surface area contributed by atoms with Crippen molar-refractivity contribution < 1.29 is 19.2 Å². The fourth-order valence-electron chi connectivity index (χ4n) is 5.18. The van der Waals surface area contributed by atoms with Gasteiger partial charge in [-0.25, -0.2) is 0 Å².